The Hall–Kier alpha value is -2.06. The molecule has 1 heterocycles. The van der Waals surface area contributed by atoms with Gasteiger partial charge in [0.25, 0.3) is 0 Å². The third-order valence-electron chi connectivity index (χ3n) is 2.75. The van der Waals surface area contributed by atoms with Crippen molar-refractivity contribution in [3.8, 4) is 5.75 Å². The molecule has 8 heteroatoms. The van der Waals surface area contributed by atoms with Crippen molar-refractivity contribution in [1.29, 1.82) is 0 Å². The van der Waals surface area contributed by atoms with Crippen LogP contribution in [0.15, 0.2) is 36.5 Å². The Labute approximate surface area is 113 Å². The van der Waals surface area contributed by atoms with Gasteiger partial charge in [0.1, 0.15) is 5.75 Å². The summed E-state index contributed by atoms with van der Waals surface area (Å²) in [5.41, 5.74) is 3.81. The first-order valence-electron chi connectivity index (χ1n) is 5.70. The Morgan fingerprint density at radius 3 is 2.65 bits per heavy atom. The zero-order valence-corrected chi connectivity index (χ0v) is 10.6. The van der Waals surface area contributed by atoms with E-state index in [1.54, 1.807) is 30.1 Å². The Morgan fingerprint density at radius 1 is 1.35 bits per heavy atom. The van der Waals surface area contributed by atoms with Gasteiger partial charge in [0, 0.05) is 13.2 Å². The second kappa shape index (κ2) is 5.51. The van der Waals surface area contributed by atoms with Crippen molar-refractivity contribution >= 4 is 0 Å². The van der Waals surface area contributed by atoms with E-state index >= 15 is 0 Å². The monoisotopic (exact) mass is 286 g/mol. The SMILES string of the molecule is Cn1nccc1C(NN)c1cccc(OC(F)(F)F)c1. The lowest BCUT2D eigenvalue weighted by Crippen LogP contribution is -2.30. The highest BCUT2D eigenvalue weighted by atomic mass is 19.4. The highest BCUT2D eigenvalue weighted by molar-refractivity contribution is 5.34. The van der Waals surface area contributed by atoms with Gasteiger partial charge in [0.05, 0.1) is 11.7 Å². The van der Waals surface area contributed by atoms with Crippen LogP contribution in [0.5, 0.6) is 5.75 Å². The molecule has 20 heavy (non-hydrogen) atoms. The topological polar surface area (TPSA) is 65.1 Å². The standard InChI is InChI=1S/C12H13F3N4O/c1-19-10(5-6-17-19)11(18-16)8-3-2-4-9(7-8)20-12(13,14)15/h2-7,11,18H,16H2,1H3. The van der Waals surface area contributed by atoms with Gasteiger partial charge < -0.3 is 4.74 Å². The van der Waals surface area contributed by atoms with Gasteiger partial charge in [-0.15, -0.1) is 13.2 Å². The van der Waals surface area contributed by atoms with E-state index in [4.69, 9.17) is 5.84 Å². The first-order chi connectivity index (χ1) is 9.40. The fourth-order valence-corrected chi connectivity index (χ4v) is 1.91. The van der Waals surface area contributed by atoms with Crippen molar-refractivity contribution in [1.82, 2.24) is 15.2 Å². The van der Waals surface area contributed by atoms with Crippen molar-refractivity contribution in [2.45, 2.75) is 12.4 Å². The molecule has 0 spiro atoms. The van der Waals surface area contributed by atoms with E-state index in [1.165, 1.54) is 18.2 Å². The molecule has 0 radical (unpaired) electrons. The van der Waals surface area contributed by atoms with Gasteiger partial charge >= 0.3 is 6.36 Å². The Morgan fingerprint density at radius 2 is 2.10 bits per heavy atom. The van der Waals surface area contributed by atoms with Crippen molar-refractivity contribution in [2.75, 3.05) is 0 Å². The molecule has 5 nitrogen and oxygen atoms in total. The molecular weight excluding hydrogens is 273 g/mol. The van der Waals surface area contributed by atoms with E-state index in [1.807, 2.05) is 0 Å². The number of nitrogens with one attached hydrogen (secondary N) is 1. The molecule has 2 rings (SSSR count). The Kier molecular flexibility index (Phi) is 3.96. The largest absolute Gasteiger partial charge is 0.573 e. The average molecular weight is 286 g/mol. The molecule has 1 aromatic heterocycles. The van der Waals surface area contributed by atoms with Crippen molar-refractivity contribution in [2.24, 2.45) is 12.9 Å². The van der Waals surface area contributed by atoms with E-state index < -0.39 is 12.4 Å². The van der Waals surface area contributed by atoms with Crippen LogP contribution in [0.1, 0.15) is 17.3 Å². The van der Waals surface area contributed by atoms with E-state index in [0.29, 0.717) is 5.56 Å². The molecule has 0 fully saturated rings. The molecule has 0 aliphatic heterocycles. The summed E-state index contributed by atoms with van der Waals surface area (Å²) < 4.78 is 42.1. The summed E-state index contributed by atoms with van der Waals surface area (Å²) >= 11 is 0. The first-order valence-corrected chi connectivity index (χ1v) is 5.70. The number of ether oxygens (including phenoxy) is 1. The summed E-state index contributed by atoms with van der Waals surface area (Å²) in [6.45, 7) is 0. The lowest BCUT2D eigenvalue weighted by molar-refractivity contribution is -0.274. The number of hydrogen-bond donors (Lipinski definition) is 2. The number of nitrogens with two attached hydrogens (primary N) is 1. The second-order valence-corrected chi connectivity index (χ2v) is 4.10. The third-order valence-corrected chi connectivity index (χ3v) is 2.75. The number of nitrogens with zero attached hydrogens (tertiary/aromatic N) is 2. The lowest BCUT2D eigenvalue weighted by Gasteiger charge is -2.18. The number of hydrogen-bond acceptors (Lipinski definition) is 4. The fourth-order valence-electron chi connectivity index (χ4n) is 1.91. The van der Waals surface area contributed by atoms with Crippen LogP contribution in [0.4, 0.5) is 13.2 Å². The zero-order valence-electron chi connectivity index (χ0n) is 10.6. The summed E-state index contributed by atoms with van der Waals surface area (Å²) in [5.74, 6) is 5.19. The molecule has 0 aliphatic carbocycles. The lowest BCUT2D eigenvalue weighted by atomic mass is 10.0. The molecule has 1 unspecified atom stereocenters. The Bertz CT molecular complexity index is 582. The van der Waals surface area contributed by atoms with Gasteiger partial charge in [0.2, 0.25) is 0 Å². The van der Waals surface area contributed by atoms with Gasteiger partial charge in [-0.05, 0) is 23.8 Å². The zero-order chi connectivity index (χ0) is 14.8. The van der Waals surface area contributed by atoms with Crippen LogP contribution in [0.25, 0.3) is 0 Å². The average Bonchev–Trinajstić information content (AvgIpc) is 2.75. The maximum Gasteiger partial charge on any atom is 0.573 e. The van der Waals surface area contributed by atoms with Crippen LogP contribution >= 0.6 is 0 Å². The van der Waals surface area contributed by atoms with Gasteiger partial charge in [-0.25, -0.2) is 5.43 Å². The van der Waals surface area contributed by atoms with Gasteiger partial charge in [-0.2, -0.15) is 5.10 Å². The summed E-state index contributed by atoms with van der Waals surface area (Å²) in [6, 6.07) is 6.87. The number of hydrazine groups is 1. The summed E-state index contributed by atoms with van der Waals surface area (Å²) in [6.07, 6.45) is -3.15. The third kappa shape index (κ3) is 3.28. The van der Waals surface area contributed by atoms with Crippen LogP contribution in [0.2, 0.25) is 0 Å². The molecule has 0 saturated heterocycles. The summed E-state index contributed by atoms with van der Waals surface area (Å²) in [7, 11) is 1.72. The number of aryl methyl sites for hydroxylation is 1. The summed E-state index contributed by atoms with van der Waals surface area (Å²) in [4.78, 5) is 0. The number of alkyl halides is 3. The molecule has 108 valence electrons. The molecule has 0 amide bonds. The minimum atomic E-state index is -4.73. The van der Waals surface area contributed by atoms with Crippen LogP contribution < -0.4 is 16.0 Å². The highest BCUT2D eigenvalue weighted by Crippen LogP contribution is 2.27. The predicted molar refractivity (Wildman–Crippen MR) is 65.5 cm³/mol. The summed E-state index contributed by atoms with van der Waals surface area (Å²) in [5, 5.41) is 4.00. The van der Waals surface area contributed by atoms with E-state index in [2.05, 4.69) is 15.3 Å². The van der Waals surface area contributed by atoms with Crippen molar-refractivity contribution < 1.29 is 17.9 Å². The maximum atomic E-state index is 12.2. The van der Waals surface area contributed by atoms with Gasteiger partial charge in [0.15, 0.2) is 0 Å². The molecule has 2 aromatic rings. The molecule has 0 bridgehead atoms. The molecule has 0 saturated carbocycles. The van der Waals surface area contributed by atoms with Crippen LogP contribution in [-0.2, 0) is 7.05 Å². The van der Waals surface area contributed by atoms with Crippen LogP contribution in [-0.4, -0.2) is 16.1 Å². The molecule has 0 aliphatic rings. The predicted octanol–water partition coefficient (Wildman–Crippen LogP) is 1.87. The van der Waals surface area contributed by atoms with Crippen molar-refractivity contribution in [3.63, 3.8) is 0 Å². The number of halogens is 3. The van der Waals surface area contributed by atoms with E-state index in [9.17, 15) is 13.2 Å². The minimum absolute atomic E-state index is 0.294. The van der Waals surface area contributed by atoms with Gasteiger partial charge in [-0.3, -0.25) is 10.5 Å². The molecular formula is C12H13F3N4O. The van der Waals surface area contributed by atoms with Gasteiger partial charge in [-0.1, -0.05) is 12.1 Å². The Balaban J connectivity index is 2.32. The molecule has 3 N–H and O–H groups in total. The molecule has 1 aromatic carbocycles. The smallest absolute Gasteiger partial charge is 0.406 e. The van der Waals surface area contributed by atoms with Crippen LogP contribution in [0.3, 0.4) is 0 Å². The van der Waals surface area contributed by atoms with E-state index in [0.717, 1.165) is 5.69 Å². The first kappa shape index (κ1) is 14.4. The second-order valence-electron chi connectivity index (χ2n) is 4.10. The normalized spacial score (nSPS) is 13.2. The van der Waals surface area contributed by atoms with E-state index in [-0.39, 0.29) is 5.75 Å². The van der Waals surface area contributed by atoms with Crippen LogP contribution in [0, 0.1) is 0 Å². The minimum Gasteiger partial charge on any atom is -0.406 e. The van der Waals surface area contributed by atoms with Crippen molar-refractivity contribution in [3.05, 3.63) is 47.8 Å². The number of aromatic nitrogens is 2. The number of rotatable bonds is 4. The quantitative estimate of drug-likeness (QED) is 0.665. The maximum absolute atomic E-state index is 12.2. The highest BCUT2D eigenvalue weighted by Gasteiger charge is 2.31. The number of benzene rings is 1. The fraction of sp³-hybridized carbons (Fsp3) is 0.250. The molecule has 1 atom stereocenters.